The molecule has 0 aliphatic heterocycles. The van der Waals surface area contributed by atoms with E-state index >= 15 is 0 Å². The standard InChI is InChI=1S/C18H20ClN5O/c1-13-11-14(2)24(22-13)18-8-7-17(20-21-18)23(3)9-10-25-16-6-4-5-15(19)12-16/h4-8,11-12H,9-10H2,1-3H3. The fourth-order valence-electron chi connectivity index (χ4n) is 2.47. The molecule has 0 amide bonds. The Morgan fingerprint density at radius 1 is 1.12 bits per heavy atom. The van der Waals surface area contributed by atoms with E-state index in [1.807, 2.05) is 62.2 Å². The molecule has 0 saturated carbocycles. The minimum Gasteiger partial charge on any atom is -0.492 e. The molecule has 0 bridgehead atoms. The molecule has 3 rings (SSSR count). The van der Waals surface area contributed by atoms with E-state index in [1.165, 1.54) is 0 Å². The van der Waals surface area contributed by atoms with Gasteiger partial charge in [-0.1, -0.05) is 17.7 Å². The Kier molecular flexibility index (Phi) is 5.19. The van der Waals surface area contributed by atoms with E-state index in [1.54, 1.807) is 10.7 Å². The van der Waals surface area contributed by atoms with Crippen molar-refractivity contribution in [3.8, 4) is 11.6 Å². The van der Waals surface area contributed by atoms with Gasteiger partial charge in [0.1, 0.15) is 12.4 Å². The second kappa shape index (κ2) is 7.53. The van der Waals surface area contributed by atoms with E-state index in [4.69, 9.17) is 16.3 Å². The van der Waals surface area contributed by atoms with Gasteiger partial charge < -0.3 is 9.64 Å². The summed E-state index contributed by atoms with van der Waals surface area (Å²) in [5.41, 5.74) is 1.99. The fraction of sp³-hybridized carbons (Fsp3) is 0.278. The maximum atomic E-state index is 5.94. The molecule has 3 aromatic rings. The molecule has 130 valence electrons. The van der Waals surface area contributed by atoms with Crippen LogP contribution >= 0.6 is 11.6 Å². The minimum atomic E-state index is 0.526. The smallest absolute Gasteiger partial charge is 0.176 e. The third kappa shape index (κ3) is 4.28. The fourth-order valence-corrected chi connectivity index (χ4v) is 2.65. The molecule has 0 N–H and O–H groups in total. The number of aromatic nitrogens is 4. The molecule has 2 heterocycles. The first kappa shape index (κ1) is 17.2. The van der Waals surface area contributed by atoms with E-state index < -0.39 is 0 Å². The zero-order valence-corrected chi connectivity index (χ0v) is 15.2. The van der Waals surface area contributed by atoms with Crippen molar-refractivity contribution < 1.29 is 4.74 Å². The number of rotatable bonds is 6. The van der Waals surface area contributed by atoms with Crippen molar-refractivity contribution in [1.29, 1.82) is 0 Å². The molecule has 0 aliphatic carbocycles. The highest BCUT2D eigenvalue weighted by atomic mass is 35.5. The summed E-state index contributed by atoms with van der Waals surface area (Å²) < 4.78 is 7.49. The van der Waals surface area contributed by atoms with Gasteiger partial charge in [0.2, 0.25) is 0 Å². The number of benzene rings is 1. The normalized spacial score (nSPS) is 10.7. The van der Waals surface area contributed by atoms with Crippen LogP contribution in [-0.2, 0) is 0 Å². The summed E-state index contributed by atoms with van der Waals surface area (Å²) >= 11 is 5.94. The number of hydrogen-bond donors (Lipinski definition) is 0. The van der Waals surface area contributed by atoms with Gasteiger partial charge in [-0.25, -0.2) is 4.68 Å². The van der Waals surface area contributed by atoms with Gasteiger partial charge in [-0.2, -0.15) is 5.10 Å². The number of halogens is 1. The molecular formula is C18H20ClN5O. The second-order valence-corrected chi connectivity index (χ2v) is 6.25. The van der Waals surface area contributed by atoms with Crippen molar-refractivity contribution in [3.63, 3.8) is 0 Å². The van der Waals surface area contributed by atoms with E-state index in [0.29, 0.717) is 24.0 Å². The molecule has 0 aliphatic rings. The van der Waals surface area contributed by atoms with Crippen molar-refractivity contribution in [2.45, 2.75) is 13.8 Å². The maximum Gasteiger partial charge on any atom is 0.176 e. The lowest BCUT2D eigenvalue weighted by molar-refractivity contribution is 0.325. The van der Waals surface area contributed by atoms with E-state index in [-0.39, 0.29) is 0 Å². The molecule has 0 radical (unpaired) electrons. The van der Waals surface area contributed by atoms with Gasteiger partial charge in [0.05, 0.1) is 12.2 Å². The summed E-state index contributed by atoms with van der Waals surface area (Å²) in [5.74, 6) is 2.24. The van der Waals surface area contributed by atoms with Crippen LogP contribution in [0.15, 0.2) is 42.5 Å². The van der Waals surface area contributed by atoms with Crippen LogP contribution in [0.25, 0.3) is 5.82 Å². The Hall–Kier alpha value is -2.60. The highest BCUT2D eigenvalue weighted by molar-refractivity contribution is 6.30. The summed E-state index contributed by atoms with van der Waals surface area (Å²) in [5, 5.41) is 13.6. The largest absolute Gasteiger partial charge is 0.492 e. The molecular weight excluding hydrogens is 338 g/mol. The Labute approximate surface area is 152 Å². The lowest BCUT2D eigenvalue weighted by Crippen LogP contribution is -2.25. The number of aryl methyl sites for hydroxylation is 2. The van der Waals surface area contributed by atoms with Crippen LogP contribution in [0.4, 0.5) is 5.82 Å². The SMILES string of the molecule is Cc1cc(C)n(-c2ccc(N(C)CCOc3cccc(Cl)c3)nn2)n1. The number of likely N-dealkylation sites (N-methyl/N-ethyl adjacent to an activating group) is 1. The molecule has 2 aromatic heterocycles. The summed E-state index contributed by atoms with van der Waals surface area (Å²) in [6.45, 7) is 5.16. The van der Waals surface area contributed by atoms with E-state index in [9.17, 15) is 0 Å². The minimum absolute atomic E-state index is 0.526. The third-order valence-corrected chi connectivity index (χ3v) is 3.98. The number of anilines is 1. The van der Waals surface area contributed by atoms with Crippen molar-refractivity contribution >= 4 is 17.4 Å². The quantitative estimate of drug-likeness (QED) is 0.676. The second-order valence-electron chi connectivity index (χ2n) is 5.82. The number of hydrogen-bond acceptors (Lipinski definition) is 5. The first-order valence-electron chi connectivity index (χ1n) is 8.00. The lowest BCUT2D eigenvalue weighted by atomic mass is 10.3. The molecule has 6 nitrogen and oxygen atoms in total. The molecule has 0 fully saturated rings. The molecule has 25 heavy (non-hydrogen) atoms. The molecule has 0 unspecified atom stereocenters. The van der Waals surface area contributed by atoms with Crippen LogP contribution in [0, 0.1) is 13.8 Å². The Bertz CT molecular complexity index is 847. The van der Waals surface area contributed by atoms with Gasteiger partial charge in [0.25, 0.3) is 0 Å². The summed E-state index contributed by atoms with van der Waals surface area (Å²) in [6.07, 6.45) is 0. The predicted octanol–water partition coefficient (Wildman–Crippen LogP) is 3.45. The third-order valence-electron chi connectivity index (χ3n) is 3.75. The Morgan fingerprint density at radius 2 is 1.96 bits per heavy atom. The zero-order chi connectivity index (χ0) is 17.8. The summed E-state index contributed by atoms with van der Waals surface area (Å²) in [6, 6.07) is 13.2. The lowest BCUT2D eigenvalue weighted by Gasteiger charge is -2.18. The average Bonchev–Trinajstić information content (AvgIpc) is 2.93. The van der Waals surface area contributed by atoms with Crippen LogP contribution < -0.4 is 9.64 Å². The number of nitrogens with zero attached hydrogens (tertiary/aromatic N) is 5. The predicted molar refractivity (Wildman–Crippen MR) is 98.8 cm³/mol. The van der Waals surface area contributed by atoms with Crippen molar-refractivity contribution in [3.05, 3.63) is 58.9 Å². The first-order valence-corrected chi connectivity index (χ1v) is 8.37. The highest BCUT2D eigenvalue weighted by Gasteiger charge is 2.08. The van der Waals surface area contributed by atoms with Crippen molar-refractivity contribution in [2.24, 2.45) is 0 Å². The average molecular weight is 358 g/mol. The summed E-state index contributed by atoms with van der Waals surface area (Å²) in [4.78, 5) is 1.99. The van der Waals surface area contributed by atoms with Crippen molar-refractivity contribution in [1.82, 2.24) is 20.0 Å². The maximum absolute atomic E-state index is 5.94. The van der Waals surface area contributed by atoms with Crippen LogP contribution in [0.1, 0.15) is 11.4 Å². The van der Waals surface area contributed by atoms with Gasteiger partial charge in [-0.3, -0.25) is 0 Å². The monoisotopic (exact) mass is 357 g/mol. The van der Waals surface area contributed by atoms with Crippen molar-refractivity contribution in [2.75, 3.05) is 25.1 Å². The van der Waals surface area contributed by atoms with Crippen LogP contribution in [0.2, 0.25) is 5.02 Å². The van der Waals surface area contributed by atoms with Gasteiger partial charge >= 0.3 is 0 Å². The van der Waals surface area contributed by atoms with E-state index in [0.717, 1.165) is 23.0 Å². The van der Waals surface area contributed by atoms with Gasteiger partial charge in [-0.15, -0.1) is 10.2 Å². The van der Waals surface area contributed by atoms with Gasteiger partial charge in [0.15, 0.2) is 11.6 Å². The van der Waals surface area contributed by atoms with Gasteiger partial charge in [0, 0.05) is 17.8 Å². The molecule has 0 spiro atoms. The summed E-state index contributed by atoms with van der Waals surface area (Å²) in [7, 11) is 1.95. The van der Waals surface area contributed by atoms with Crippen LogP contribution in [0.3, 0.4) is 0 Å². The first-order chi connectivity index (χ1) is 12.0. The van der Waals surface area contributed by atoms with Crippen LogP contribution in [-0.4, -0.2) is 40.2 Å². The topological polar surface area (TPSA) is 56.1 Å². The Balaban J connectivity index is 1.59. The Morgan fingerprint density at radius 3 is 2.60 bits per heavy atom. The molecule has 7 heteroatoms. The van der Waals surface area contributed by atoms with Gasteiger partial charge in [-0.05, 0) is 50.2 Å². The number of ether oxygens (including phenoxy) is 1. The highest BCUT2D eigenvalue weighted by Crippen LogP contribution is 2.17. The molecule has 0 saturated heterocycles. The molecule has 1 aromatic carbocycles. The zero-order valence-electron chi connectivity index (χ0n) is 14.5. The van der Waals surface area contributed by atoms with E-state index in [2.05, 4.69) is 15.3 Å². The van der Waals surface area contributed by atoms with Crippen LogP contribution in [0.5, 0.6) is 5.75 Å². The molecule has 0 atom stereocenters.